The molecule has 0 saturated heterocycles. The van der Waals surface area contributed by atoms with Gasteiger partial charge in [0.05, 0.1) is 26.4 Å². The summed E-state index contributed by atoms with van der Waals surface area (Å²) in [4.78, 5) is 72.4. The number of rotatable bonds is 66. The Bertz CT molecular complexity index is 1750. The zero-order chi connectivity index (χ0) is 65.4. The molecule has 17 nitrogen and oxygen atoms in total. The van der Waals surface area contributed by atoms with Crippen molar-refractivity contribution in [2.45, 2.75) is 356 Å². The first-order valence-corrected chi connectivity index (χ1v) is 38.7. The Kier molecular flexibility index (Phi) is 57.6. The molecule has 522 valence electrons. The fraction of sp³-hybridized carbons (Fsp3) is 0.942. The summed E-state index contributed by atoms with van der Waals surface area (Å²) in [6.07, 6.45) is 40.5. The van der Waals surface area contributed by atoms with Crippen LogP contribution in [-0.2, 0) is 65.4 Å². The van der Waals surface area contributed by atoms with Gasteiger partial charge in [0.1, 0.15) is 19.3 Å². The molecule has 0 aromatic rings. The molecule has 0 saturated carbocycles. The molecule has 0 fully saturated rings. The Morgan fingerprint density at radius 3 is 0.807 bits per heavy atom. The predicted molar refractivity (Wildman–Crippen MR) is 354 cm³/mol. The number of phosphoric ester groups is 2. The zero-order valence-electron chi connectivity index (χ0n) is 57.3. The van der Waals surface area contributed by atoms with Crippen molar-refractivity contribution in [3.8, 4) is 0 Å². The summed E-state index contributed by atoms with van der Waals surface area (Å²) in [5, 5.41) is 10.6. The molecule has 88 heavy (non-hydrogen) atoms. The summed E-state index contributed by atoms with van der Waals surface area (Å²) in [5.74, 6) is 0.815. The van der Waals surface area contributed by atoms with Crippen molar-refractivity contribution in [3.63, 3.8) is 0 Å². The van der Waals surface area contributed by atoms with Crippen molar-refractivity contribution in [2.75, 3.05) is 39.6 Å². The van der Waals surface area contributed by atoms with Gasteiger partial charge in [-0.1, -0.05) is 287 Å². The van der Waals surface area contributed by atoms with Gasteiger partial charge in [-0.3, -0.25) is 37.3 Å². The summed E-state index contributed by atoms with van der Waals surface area (Å²) in [7, 11) is -9.90. The van der Waals surface area contributed by atoms with Gasteiger partial charge >= 0.3 is 39.5 Å². The van der Waals surface area contributed by atoms with Crippen molar-refractivity contribution in [3.05, 3.63) is 0 Å². The Labute approximate surface area is 537 Å². The van der Waals surface area contributed by atoms with Crippen LogP contribution in [0.1, 0.15) is 338 Å². The largest absolute Gasteiger partial charge is 0.472 e. The Balaban J connectivity index is 5.23. The minimum Gasteiger partial charge on any atom is -0.462 e. The molecule has 0 amide bonds. The third kappa shape index (κ3) is 61.6. The smallest absolute Gasteiger partial charge is 0.462 e. The lowest BCUT2D eigenvalue weighted by atomic mass is 10.00. The number of aliphatic hydroxyl groups is 1. The van der Waals surface area contributed by atoms with E-state index in [1.54, 1.807) is 0 Å². The molecule has 0 heterocycles. The van der Waals surface area contributed by atoms with Gasteiger partial charge in [0.2, 0.25) is 0 Å². The highest BCUT2D eigenvalue weighted by molar-refractivity contribution is 7.47. The van der Waals surface area contributed by atoms with Gasteiger partial charge in [-0.15, -0.1) is 0 Å². The standard InChI is InChI=1S/C69H134O17P2/c1-9-62(8)48-40-32-27-28-34-42-50-67(72)80-56-65(85-68(73)51-43-35-24-17-15-13-11-10-12-14-16-21-29-37-45-59(2)3)58-84-88(77,78)82-54-63(70)53-81-87(75,76)83-57-64(55-79-66(71)49-41-33-26-20-23-31-39-47-61(6)7)86-69(74)52-44-36-25-19-18-22-30-38-46-60(4)5/h59-65,70H,9-58H2,1-8H3,(H,75,76)(H,77,78)/t62?,63-,64-,65-/m1/s1. The fourth-order valence-corrected chi connectivity index (χ4v) is 11.9. The van der Waals surface area contributed by atoms with Crippen LogP contribution in [0.3, 0.4) is 0 Å². The third-order valence-electron chi connectivity index (χ3n) is 16.2. The van der Waals surface area contributed by atoms with Crippen LogP contribution in [0, 0.1) is 23.7 Å². The van der Waals surface area contributed by atoms with E-state index in [0.29, 0.717) is 31.6 Å². The van der Waals surface area contributed by atoms with E-state index in [0.717, 1.165) is 120 Å². The average molecular weight is 1300 g/mol. The van der Waals surface area contributed by atoms with E-state index in [4.69, 9.17) is 37.0 Å². The van der Waals surface area contributed by atoms with Gasteiger partial charge < -0.3 is 33.8 Å². The summed E-state index contributed by atoms with van der Waals surface area (Å²) < 4.78 is 68.2. The maximum atomic E-state index is 13.0. The Morgan fingerprint density at radius 2 is 0.545 bits per heavy atom. The van der Waals surface area contributed by atoms with Crippen molar-refractivity contribution in [2.24, 2.45) is 23.7 Å². The molecule has 0 aromatic carbocycles. The van der Waals surface area contributed by atoms with E-state index in [1.807, 2.05) is 0 Å². The molecule has 0 aliphatic heterocycles. The van der Waals surface area contributed by atoms with E-state index >= 15 is 0 Å². The minimum absolute atomic E-state index is 0.103. The van der Waals surface area contributed by atoms with Crippen LogP contribution in [0.25, 0.3) is 0 Å². The fourth-order valence-electron chi connectivity index (χ4n) is 10.3. The first-order chi connectivity index (χ1) is 42.1. The average Bonchev–Trinajstić information content (AvgIpc) is 3.61. The first kappa shape index (κ1) is 86.1. The molecule has 0 rings (SSSR count). The number of carbonyl (C=O) groups excluding carboxylic acids is 4. The summed E-state index contributed by atoms with van der Waals surface area (Å²) >= 11 is 0. The number of phosphoric acid groups is 2. The normalized spacial score (nSPS) is 14.6. The Hall–Kier alpha value is -1.94. The number of aliphatic hydroxyl groups excluding tert-OH is 1. The molecule has 0 aliphatic rings. The lowest BCUT2D eigenvalue weighted by Gasteiger charge is -2.21. The highest BCUT2D eigenvalue weighted by Crippen LogP contribution is 2.45. The maximum Gasteiger partial charge on any atom is 0.472 e. The molecule has 3 unspecified atom stereocenters. The molecular formula is C69H134O17P2. The second-order valence-corrected chi connectivity index (χ2v) is 29.5. The summed E-state index contributed by atoms with van der Waals surface area (Å²) in [5.41, 5.74) is 0. The number of ether oxygens (including phenoxy) is 4. The number of hydrogen-bond donors (Lipinski definition) is 3. The van der Waals surface area contributed by atoms with E-state index in [2.05, 4.69) is 55.4 Å². The van der Waals surface area contributed by atoms with Gasteiger partial charge in [-0.05, 0) is 49.4 Å². The van der Waals surface area contributed by atoms with E-state index in [9.17, 15) is 43.2 Å². The third-order valence-corrected chi connectivity index (χ3v) is 18.1. The molecule has 0 spiro atoms. The zero-order valence-corrected chi connectivity index (χ0v) is 59.1. The van der Waals surface area contributed by atoms with Crippen LogP contribution < -0.4 is 0 Å². The first-order valence-electron chi connectivity index (χ1n) is 35.7. The van der Waals surface area contributed by atoms with Crippen molar-refractivity contribution in [1.82, 2.24) is 0 Å². The summed E-state index contributed by atoms with van der Waals surface area (Å²) in [6, 6.07) is 0. The lowest BCUT2D eigenvalue weighted by molar-refractivity contribution is -0.161. The van der Waals surface area contributed by atoms with Crippen LogP contribution in [0.4, 0.5) is 0 Å². The lowest BCUT2D eigenvalue weighted by Crippen LogP contribution is -2.30. The SMILES string of the molecule is CCC(C)CCCCCCCCC(=O)OC[C@H](COP(=O)(O)OC[C@H](O)COP(=O)(O)OC[C@@H](COC(=O)CCCCCCCCCC(C)C)OC(=O)CCCCCCCCCCC(C)C)OC(=O)CCCCCCCCCCCCCCCCC(C)C. The quantitative estimate of drug-likeness (QED) is 0.0222. The highest BCUT2D eigenvalue weighted by Gasteiger charge is 2.30. The maximum absolute atomic E-state index is 13.0. The number of esters is 4. The Morgan fingerprint density at radius 1 is 0.318 bits per heavy atom. The van der Waals surface area contributed by atoms with Crippen LogP contribution in [0.15, 0.2) is 0 Å². The van der Waals surface area contributed by atoms with E-state index in [-0.39, 0.29) is 25.7 Å². The topological polar surface area (TPSA) is 237 Å². The van der Waals surface area contributed by atoms with Crippen LogP contribution in [0.2, 0.25) is 0 Å². The molecule has 0 radical (unpaired) electrons. The van der Waals surface area contributed by atoms with Gasteiger partial charge in [0, 0.05) is 25.7 Å². The minimum atomic E-state index is -4.95. The van der Waals surface area contributed by atoms with Gasteiger partial charge in [-0.25, -0.2) is 9.13 Å². The van der Waals surface area contributed by atoms with Gasteiger partial charge in [0.25, 0.3) is 0 Å². The number of unbranched alkanes of at least 4 members (excludes halogenated alkanes) is 31. The summed E-state index contributed by atoms with van der Waals surface area (Å²) in [6.45, 7) is 14.0. The van der Waals surface area contributed by atoms with Crippen molar-refractivity contribution >= 4 is 39.5 Å². The molecule has 19 heteroatoms. The van der Waals surface area contributed by atoms with Crippen molar-refractivity contribution in [1.29, 1.82) is 0 Å². The predicted octanol–water partition coefficient (Wildman–Crippen LogP) is 19.3. The second-order valence-electron chi connectivity index (χ2n) is 26.6. The molecule has 0 bridgehead atoms. The molecule has 6 atom stereocenters. The van der Waals surface area contributed by atoms with Gasteiger partial charge in [-0.2, -0.15) is 0 Å². The van der Waals surface area contributed by atoms with Crippen LogP contribution >= 0.6 is 15.6 Å². The molecule has 0 aromatic heterocycles. The van der Waals surface area contributed by atoms with E-state index < -0.39 is 97.5 Å². The van der Waals surface area contributed by atoms with Crippen molar-refractivity contribution < 1.29 is 80.2 Å². The molecule has 3 N–H and O–H groups in total. The monoisotopic (exact) mass is 1300 g/mol. The number of carbonyl (C=O) groups is 4. The highest BCUT2D eigenvalue weighted by atomic mass is 31.2. The second kappa shape index (κ2) is 58.8. The molecule has 0 aliphatic carbocycles. The van der Waals surface area contributed by atoms with E-state index in [1.165, 1.54) is 128 Å². The molecular weight excluding hydrogens is 1160 g/mol. The number of hydrogen-bond acceptors (Lipinski definition) is 15. The van der Waals surface area contributed by atoms with Gasteiger partial charge in [0.15, 0.2) is 12.2 Å². The van der Waals surface area contributed by atoms with Crippen LogP contribution in [-0.4, -0.2) is 96.7 Å². The van der Waals surface area contributed by atoms with Crippen LogP contribution in [0.5, 0.6) is 0 Å².